The Bertz CT molecular complexity index is 828. The van der Waals surface area contributed by atoms with Crippen molar-refractivity contribution in [2.75, 3.05) is 13.1 Å². The molecule has 2 aromatic rings. The highest BCUT2D eigenvalue weighted by Gasteiger charge is 2.29. The second kappa shape index (κ2) is 8.62. The van der Waals surface area contributed by atoms with Gasteiger partial charge in [-0.15, -0.1) is 0 Å². The summed E-state index contributed by atoms with van der Waals surface area (Å²) in [5.41, 5.74) is 14.3. The van der Waals surface area contributed by atoms with Gasteiger partial charge in [0.1, 0.15) is 0 Å². The van der Waals surface area contributed by atoms with E-state index in [4.69, 9.17) is 11.5 Å². The molecule has 4 rings (SSSR count). The molecule has 0 aromatic heterocycles. The van der Waals surface area contributed by atoms with E-state index in [0.717, 1.165) is 47.8 Å². The van der Waals surface area contributed by atoms with Crippen LogP contribution in [0.15, 0.2) is 36.4 Å². The summed E-state index contributed by atoms with van der Waals surface area (Å²) in [7, 11) is 0. The molecule has 4 heteroatoms. The fourth-order valence-corrected chi connectivity index (χ4v) is 5.24. The maximum absolute atomic E-state index is 13.2. The van der Waals surface area contributed by atoms with Gasteiger partial charge in [-0.2, -0.15) is 0 Å². The molecule has 2 aromatic carbocycles. The summed E-state index contributed by atoms with van der Waals surface area (Å²) in [4.78, 5) is 15.2. The van der Waals surface area contributed by atoms with Crippen LogP contribution in [0, 0.1) is 11.8 Å². The third-order valence-corrected chi connectivity index (χ3v) is 6.86. The van der Waals surface area contributed by atoms with E-state index in [9.17, 15) is 4.79 Å². The van der Waals surface area contributed by atoms with Crippen molar-refractivity contribution in [2.45, 2.75) is 57.5 Å². The summed E-state index contributed by atoms with van der Waals surface area (Å²) in [6.45, 7) is 2.18. The number of likely N-dealkylation sites (tertiary alicyclic amines) is 1. The number of hydrogen-bond donors (Lipinski definition) is 2. The van der Waals surface area contributed by atoms with Gasteiger partial charge in [0, 0.05) is 31.2 Å². The lowest BCUT2D eigenvalue weighted by atomic mass is 9.85. The summed E-state index contributed by atoms with van der Waals surface area (Å²) in [5, 5.41) is 2.23. The van der Waals surface area contributed by atoms with E-state index < -0.39 is 0 Å². The molecule has 1 amide bonds. The molecule has 4 nitrogen and oxygen atoms in total. The van der Waals surface area contributed by atoms with Gasteiger partial charge in [-0.1, -0.05) is 37.1 Å². The van der Waals surface area contributed by atoms with E-state index >= 15 is 0 Å². The van der Waals surface area contributed by atoms with Crippen molar-refractivity contribution >= 4 is 16.7 Å². The van der Waals surface area contributed by atoms with E-state index in [2.05, 4.69) is 6.07 Å². The minimum atomic E-state index is 0.146. The third kappa shape index (κ3) is 4.08. The van der Waals surface area contributed by atoms with Crippen molar-refractivity contribution < 1.29 is 4.79 Å². The number of piperidine rings is 1. The predicted molar refractivity (Wildman–Crippen MR) is 115 cm³/mol. The SMILES string of the molecule is NCc1cccc2ccc(C(=O)N3CCCC(CC(N)C4CCCC4)C3)cc12. The Hall–Kier alpha value is -1.91. The van der Waals surface area contributed by atoms with Crippen molar-refractivity contribution in [1.29, 1.82) is 0 Å². The molecule has 1 aliphatic carbocycles. The van der Waals surface area contributed by atoms with Gasteiger partial charge in [-0.25, -0.2) is 0 Å². The Morgan fingerprint density at radius 3 is 2.71 bits per heavy atom. The fourth-order valence-electron chi connectivity index (χ4n) is 5.24. The van der Waals surface area contributed by atoms with Crippen LogP contribution in [0.25, 0.3) is 10.8 Å². The highest BCUT2D eigenvalue weighted by Crippen LogP contribution is 2.31. The zero-order chi connectivity index (χ0) is 19.5. The van der Waals surface area contributed by atoms with Gasteiger partial charge in [0.25, 0.3) is 5.91 Å². The molecule has 150 valence electrons. The maximum Gasteiger partial charge on any atom is 0.253 e. The molecule has 2 atom stereocenters. The van der Waals surface area contributed by atoms with Gasteiger partial charge in [0.15, 0.2) is 0 Å². The Morgan fingerprint density at radius 1 is 1.11 bits per heavy atom. The molecule has 28 heavy (non-hydrogen) atoms. The number of amides is 1. The number of carbonyl (C=O) groups excluding carboxylic acids is 1. The molecule has 1 aliphatic heterocycles. The minimum absolute atomic E-state index is 0.146. The monoisotopic (exact) mass is 379 g/mol. The standard InChI is InChI=1S/C24H33N3O/c25-15-21-9-3-8-18-10-11-20(14-22(18)21)24(28)27-12-4-5-17(16-27)13-23(26)19-6-1-2-7-19/h3,8-11,14,17,19,23H,1-2,4-7,12-13,15-16,25-26H2. The zero-order valence-corrected chi connectivity index (χ0v) is 16.8. The third-order valence-electron chi connectivity index (χ3n) is 6.86. The molecule has 1 heterocycles. The van der Waals surface area contributed by atoms with Crippen LogP contribution >= 0.6 is 0 Å². The Kier molecular flexibility index (Phi) is 5.98. The van der Waals surface area contributed by atoms with E-state index in [1.807, 2.05) is 35.2 Å². The van der Waals surface area contributed by atoms with Crippen LogP contribution in [0.4, 0.5) is 0 Å². The summed E-state index contributed by atoms with van der Waals surface area (Å²) in [5.74, 6) is 1.38. The number of nitrogens with zero attached hydrogens (tertiary/aromatic N) is 1. The Balaban J connectivity index is 1.46. The molecule has 2 unspecified atom stereocenters. The quantitative estimate of drug-likeness (QED) is 0.823. The average Bonchev–Trinajstić information content (AvgIpc) is 3.27. The first-order chi connectivity index (χ1) is 13.7. The van der Waals surface area contributed by atoms with Gasteiger partial charge in [-0.05, 0) is 72.4 Å². The Labute approximate surface area is 168 Å². The van der Waals surface area contributed by atoms with Crippen LogP contribution in [0.2, 0.25) is 0 Å². The fraction of sp³-hybridized carbons (Fsp3) is 0.542. The molecule has 4 N–H and O–H groups in total. The second-order valence-corrected chi connectivity index (χ2v) is 8.76. The molecular formula is C24H33N3O. The van der Waals surface area contributed by atoms with Gasteiger partial charge < -0.3 is 16.4 Å². The molecule has 0 radical (unpaired) electrons. The van der Waals surface area contributed by atoms with Gasteiger partial charge in [0.05, 0.1) is 0 Å². The zero-order valence-electron chi connectivity index (χ0n) is 16.8. The van der Waals surface area contributed by atoms with Crippen molar-refractivity contribution in [3.8, 4) is 0 Å². The summed E-state index contributed by atoms with van der Waals surface area (Å²) >= 11 is 0. The number of benzene rings is 2. The maximum atomic E-state index is 13.2. The van der Waals surface area contributed by atoms with Crippen LogP contribution in [-0.4, -0.2) is 29.9 Å². The molecule has 2 aliphatic rings. The molecule has 0 spiro atoms. The van der Waals surface area contributed by atoms with Crippen molar-refractivity contribution in [2.24, 2.45) is 23.3 Å². The molecule has 1 saturated carbocycles. The lowest BCUT2D eigenvalue weighted by Gasteiger charge is -2.35. The van der Waals surface area contributed by atoms with Crippen LogP contribution in [0.1, 0.15) is 60.9 Å². The smallest absolute Gasteiger partial charge is 0.253 e. The number of rotatable bonds is 5. The summed E-state index contributed by atoms with van der Waals surface area (Å²) in [6.07, 6.45) is 8.58. The first-order valence-electron chi connectivity index (χ1n) is 10.9. The first kappa shape index (κ1) is 19.4. The van der Waals surface area contributed by atoms with E-state index in [-0.39, 0.29) is 5.91 Å². The van der Waals surface area contributed by atoms with Crippen molar-refractivity contribution in [1.82, 2.24) is 4.90 Å². The molecule has 2 fully saturated rings. The lowest BCUT2D eigenvalue weighted by molar-refractivity contribution is 0.0659. The largest absolute Gasteiger partial charge is 0.338 e. The summed E-state index contributed by atoms with van der Waals surface area (Å²) in [6, 6.07) is 12.5. The van der Waals surface area contributed by atoms with Crippen molar-refractivity contribution in [3.63, 3.8) is 0 Å². The van der Waals surface area contributed by atoms with Gasteiger partial charge >= 0.3 is 0 Å². The van der Waals surface area contributed by atoms with Crippen LogP contribution in [0.5, 0.6) is 0 Å². The average molecular weight is 380 g/mol. The molecular weight excluding hydrogens is 346 g/mol. The van der Waals surface area contributed by atoms with Crippen LogP contribution < -0.4 is 11.5 Å². The predicted octanol–water partition coefficient (Wildman–Crippen LogP) is 4.06. The normalized spacial score (nSPS) is 21.9. The minimum Gasteiger partial charge on any atom is -0.338 e. The summed E-state index contributed by atoms with van der Waals surface area (Å²) < 4.78 is 0. The first-order valence-corrected chi connectivity index (χ1v) is 10.9. The highest BCUT2D eigenvalue weighted by atomic mass is 16.2. The van der Waals surface area contributed by atoms with Crippen LogP contribution in [-0.2, 0) is 6.54 Å². The van der Waals surface area contributed by atoms with Crippen molar-refractivity contribution in [3.05, 3.63) is 47.5 Å². The van der Waals surface area contributed by atoms with E-state index in [1.54, 1.807) is 0 Å². The number of carbonyl (C=O) groups is 1. The highest BCUT2D eigenvalue weighted by molar-refractivity contribution is 5.99. The van der Waals surface area contributed by atoms with E-state index in [0.29, 0.717) is 24.4 Å². The van der Waals surface area contributed by atoms with E-state index in [1.165, 1.54) is 32.1 Å². The van der Waals surface area contributed by atoms with Crippen LogP contribution in [0.3, 0.4) is 0 Å². The molecule has 1 saturated heterocycles. The lowest BCUT2D eigenvalue weighted by Crippen LogP contribution is -2.42. The van der Waals surface area contributed by atoms with Gasteiger partial charge in [0.2, 0.25) is 0 Å². The number of fused-ring (bicyclic) bond motifs is 1. The second-order valence-electron chi connectivity index (χ2n) is 8.76. The topological polar surface area (TPSA) is 72.4 Å². The van der Waals surface area contributed by atoms with Gasteiger partial charge in [-0.3, -0.25) is 4.79 Å². The Morgan fingerprint density at radius 2 is 1.93 bits per heavy atom. The molecule has 0 bridgehead atoms. The number of nitrogens with two attached hydrogens (primary N) is 2. The number of hydrogen-bond acceptors (Lipinski definition) is 3.